The summed E-state index contributed by atoms with van der Waals surface area (Å²) in [5.41, 5.74) is 1.93. The molecule has 1 aromatic carbocycles. The number of benzene rings is 1. The Bertz CT molecular complexity index is 597. The van der Waals surface area contributed by atoms with E-state index in [0.29, 0.717) is 23.7 Å². The molecule has 19 heavy (non-hydrogen) atoms. The van der Waals surface area contributed by atoms with Crippen molar-refractivity contribution in [2.45, 2.75) is 13.8 Å². The SMILES string of the molecule is CCOC(=O)c1cnc(-c2ccc(Br)cc2)nc1C. The smallest absolute Gasteiger partial charge is 0.341 e. The van der Waals surface area contributed by atoms with Gasteiger partial charge in [-0.1, -0.05) is 28.1 Å². The molecule has 2 rings (SSSR count). The van der Waals surface area contributed by atoms with Gasteiger partial charge in [0.15, 0.2) is 5.82 Å². The molecule has 0 aliphatic carbocycles. The Kier molecular flexibility index (Phi) is 4.27. The van der Waals surface area contributed by atoms with Gasteiger partial charge in [-0.05, 0) is 26.0 Å². The number of hydrogen-bond donors (Lipinski definition) is 0. The zero-order valence-electron chi connectivity index (χ0n) is 10.7. The van der Waals surface area contributed by atoms with E-state index >= 15 is 0 Å². The molecular formula is C14H13BrN2O2. The molecule has 1 heterocycles. The van der Waals surface area contributed by atoms with E-state index < -0.39 is 0 Å². The van der Waals surface area contributed by atoms with Crippen LogP contribution in [0.1, 0.15) is 23.0 Å². The van der Waals surface area contributed by atoms with Crippen LogP contribution in [0.25, 0.3) is 11.4 Å². The minimum Gasteiger partial charge on any atom is -0.462 e. The number of hydrogen-bond acceptors (Lipinski definition) is 4. The lowest BCUT2D eigenvalue weighted by atomic mass is 10.2. The van der Waals surface area contributed by atoms with Crippen LogP contribution in [-0.4, -0.2) is 22.5 Å². The molecule has 5 heteroatoms. The van der Waals surface area contributed by atoms with Gasteiger partial charge >= 0.3 is 5.97 Å². The number of halogens is 1. The van der Waals surface area contributed by atoms with E-state index in [4.69, 9.17) is 4.74 Å². The zero-order chi connectivity index (χ0) is 13.8. The molecule has 0 amide bonds. The standard InChI is InChI=1S/C14H13BrN2O2/c1-3-19-14(18)12-8-16-13(17-9(12)2)10-4-6-11(15)7-5-10/h4-8H,3H2,1-2H3. The lowest BCUT2D eigenvalue weighted by Gasteiger charge is -2.06. The molecule has 0 spiro atoms. The topological polar surface area (TPSA) is 52.1 Å². The number of aromatic nitrogens is 2. The predicted molar refractivity (Wildman–Crippen MR) is 75.9 cm³/mol. The van der Waals surface area contributed by atoms with Crippen LogP contribution in [0.3, 0.4) is 0 Å². The van der Waals surface area contributed by atoms with Gasteiger partial charge in [0.2, 0.25) is 0 Å². The van der Waals surface area contributed by atoms with Crippen molar-refractivity contribution < 1.29 is 9.53 Å². The third-order valence-corrected chi connectivity index (χ3v) is 3.11. The molecule has 4 nitrogen and oxygen atoms in total. The molecule has 0 saturated heterocycles. The van der Waals surface area contributed by atoms with Crippen LogP contribution in [0.2, 0.25) is 0 Å². The Morgan fingerprint density at radius 1 is 1.32 bits per heavy atom. The van der Waals surface area contributed by atoms with E-state index in [2.05, 4.69) is 25.9 Å². The van der Waals surface area contributed by atoms with Crippen molar-refractivity contribution in [1.82, 2.24) is 9.97 Å². The molecule has 0 aliphatic heterocycles. The van der Waals surface area contributed by atoms with E-state index in [1.54, 1.807) is 13.8 Å². The summed E-state index contributed by atoms with van der Waals surface area (Å²) in [5, 5.41) is 0. The molecule has 0 N–H and O–H groups in total. The molecule has 1 aromatic heterocycles. The van der Waals surface area contributed by atoms with Gasteiger partial charge in [0.25, 0.3) is 0 Å². The van der Waals surface area contributed by atoms with Gasteiger partial charge in [0.05, 0.1) is 17.9 Å². The fourth-order valence-corrected chi connectivity index (χ4v) is 1.88. The summed E-state index contributed by atoms with van der Waals surface area (Å²) in [5.74, 6) is 0.209. The number of esters is 1. The molecule has 0 fully saturated rings. The summed E-state index contributed by atoms with van der Waals surface area (Å²) in [4.78, 5) is 20.2. The lowest BCUT2D eigenvalue weighted by Crippen LogP contribution is -2.09. The first-order chi connectivity index (χ1) is 9.11. The molecular weight excluding hydrogens is 308 g/mol. The molecule has 0 atom stereocenters. The highest BCUT2D eigenvalue weighted by Crippen LogP contribution is 2.19. The van der Waals surface area contributed by atoms with Crippen LogP contribution in [0.15, 0.2) is 34.9 Å². The number of rotatable bonds is 3. The molecule has 0 bridgehead atoms. The van der Waals surface area contributed by atoms with Crippen LogP contribution in [0, 0.1) is 6.92 Å². The molecule has 98 valence electrons. The van der Waals surface area contributed by atoms with Gasteiger partial charge < -0.3 is 4.74 Å². The summed E-state index contributed by atoms with van der Waals surface area (Å²) < 4.78 is 5.94. The second kappa shape index (κ2) is 5.93. The first-order valence-corrected chi connectivity index (χ1v) is 6.68. The van der Waals surface area contributed by atoms with E-state index in [0.717, 1.165) is 10.0 Å². The van der Waals surface area contributed by atoms with Crippen molar-refractivity contribution in [2.24, 2.45) is 0 Å². The maximum absolute atomic E-state index is 11.6. The summed E-state index contributed by atoms with van der Waals surface area (Å²) >= 11 is 3.38. The normalized spacial score (nSPS) is 10.3. The summed E-state index contributed by atoms with van der Waals surface area (Å²) in [7, 11) is 0. The van der Waals surface area contributed by atoms with Gasteiger partial charge in [0.1, 0.15) is 0 Å². The van der Waals surface area contributed by atoms with Crippen LogP contribution in [-0.2, 0) is 4.74 Å². The van der Waals surface area contributed by atoms with E-state index in [9.17, 15) is 4.79 Å². The number of aryl methyl sites for hydroxylation is 1. The number of ether oxygens (including phenoxy) is 1. The zero-order valence-corrected chi connectivity index (χ0v) is 12.3. The Hall–Kier alpha value is -1.75. The van der Waals surface area contributed by atoms with Crippen LogP contribution in [0.4, 0.5) is 0 Å². The fraction of sp³-hybridized carbons (Fsp3) is 0.214. The Balaban J connectivity index is 2.33. The van der Waals surface area contributed by atoms with Crippen LogP contribution in [0.5, 0.6) is 0 Å². The van der Waals surface area contributed by atoms with Gasteiger partial charge in [-0.25, -0.2) is 14.8 Å². The van der Waals surface area contributed by atoms with Crippen molar-refractivity contribution in [1.29, 1.82) is 0 Å². The average Bonchev–Trinajstić information content (AvgIpc) is 2.39. The van der Waals surface area contributed by atoms with Crippen molar-refractivity contribution in [3.63, 3.8) is 0 Å². The second-order valence-electron chi connectivity index (χ2n) is 3.92. The molecule has 0 saturated carbocycles. The first kappa shape index (κ1) is 13.7. The van der Waals surface area contributed by atoms with Crippen LogP contribution >= 0.6 is 15.9 Å². The molecule has 2 aromatic rings. The van der Waals surface area contributed by atoms with E-state index in [-0.39, 0.29) is 5.97 Å². The lowest BCUT2D eigenvalue weighted by molar-refractivity contribution is 0.0524. The van der Waals surface area contributed by atoms with Gasteiger partial charge in [0, 0.05) is 16.2 Å². The van der Waals surface area contributed by atoms with E-state index in [1.165, 1.54) is 6.20 Å². The molecule has 0 radical (unpaired) electrons. The third kappa shape index (κ3) is 3.17. The first-order valence-electron chi connectivity index (χ1n) is 5.88. The Morgan fingerprint density at radius 2 is 2.00 bits per heavy atom. The highest BCUT2D eigenvalue weighted by atomic mass is 79.9. The van der Waals surface area contributed by atoms with Crippen LogP contribution < -0.4 is 0 Å². The quantitative estimate of drug-likeness (QED) is 0.813. The maximum atomic E-state index is 11.6. The van der Waals surface area contributed by atoms with Crippen molar-refractivity contribution in [3.8, 4) is 11.4 Å². The largest absolute Gasteiger partial charge is 0.462 e. The number of carbonyl (C=O) groups is 1. The maximum Gasteiger partial charge on any atom is 0.341 e. The highest BCUT2D eigenvalue weighted by Gasteiger charge is 2.13. The molecule has 0 unspecified atom stereocenters. The van der Waals surface area contributed by atoms with Crippen molar-refractivity contribution >= 4 is 21.9 Å². The predicted octanol–water partition coefficient (Wildman–Crippen LogP) is 3.39. The summed E-state index contributed by atoms with van der Waals surface area (Å²) in [6.07, 6.45) is 1.51. The summed E-state index contributed by atoms with van der Waals surface area (Å²) in [6, 6.07) is 7.69. The van der Waals surface area contributed by atoms with E-state index in [1.807, 2.05) is 24.3 Å². The van der Waals surface area contributed by atoms with Gasteiger partial charge in [-0.3, -0.25) is 0 Å². The minimum atomic E-state index is -0.387. The minimum absolute atomic E-state index is 0.340. The number of carbonyl (C=O) groups excluding carboxylic acids is 1. The Labute approximate surface area is 120 Å². The van der Waals surface area contributed by atoms with Gasteiger partial charge in [-0.2, -0.15) is 0 Å². The monoisotopic (exact) mass is 320 g/mol. The summed E-state index contributed by atoms with van der Waals surface area (Å²) in [6.45, 7) is 3.88. The van der Waals surface area contributed by atoms with Crippen molar-refractivity contribution in [3.05, 3.63) is 46.2 Å². The highest BCUT2D eigenvalue weighted by molar-refractivity contribution is 9.10. The second-order valence-corrected chi connectivity index (χ2v) is 4.84. The molecule has 0 aliphatic rings. The number of nitrogens with zero attached hydrogens (tertiary/aromatic N) is 2. The van der Waals surface area contributed by atoms with Gasteiger partial charge in [-0.15, -0.1) is 0 Å². The van der Waals surface area contributed by atoms with Crippen molar-refractivity contribution in [2.75, 3.05) is 6.61 Å². The average molecular weight is 321 g/mol. The fourth-order valence-electron chi connectivity index (χ4n) is 1.61. The third-order valence-electron chi connectivity index (χ3n) is 2.58. The Morgan fingerprint density at radius 3 is 2.58 bits per heavy atom.